The number of nitrogens with zero attached hydrogens (tertiary/aromatic N) is 1. The van der Waals surface area contributed by atoms with E-state index in [2.05, 4.69) is 23.5 Å². The van der Waals surface area contributed by atoms with Gasteiger partial charge in [-0.25, -0.2) is 8.70 Å². The molecule has 0 saturated heterocycles. The molecule has 0 radical (unpaired) electrons. The van der Waals surface area contributed by atoms with Gasteiger partial charge in [-0.15, -0.1) is 0 Å². The van der Waals surface area contributed by atoms with Crippen molar-refractivity contribution in [2.75, 3.05) is 5.32 Å². The van der Waals surface area contributed by atoms with E-state index < -0.39 is 5.82 Å². The third kappa shape index (κ3) is 3.37. The van der Waals surface area contributed by atoms with Crippen LogP contribution in [0, 0.1) is 5.82 Å². The van der Waals surface area contributed by atoms with Crippen molar-refractivity contribution in [1.82, 2.24) is 4.31 Å². The van der Waals surface area contributed by atoms with E-state index in [1.165, 1.54) is 18.2 Å². The van der Waals surface area contributed by atoms with Crippen LogP contribution in [0.1, 0.15) is 29.8 Å². The molecule has 120 valence electrons. The second-order valence-corrected chi connectivity index (χ2v) is 7.12. The average molecular weight is 351 g/mol. The van der Waals surface area contributed by atoms with Gasteiger partial charge >= 0.3 is 0 Å². The number of carbonyl (C=O) groups excluding carboxylic acids is 1. The van der Waals surface area contributed by atoms with Crippen LogP contribution in [0.15, 0.2) is 41.3 Å². The van der Waals surface area contributed by atoms with Crippen molar-refractivity contribution in [3.05, 3.63) is 58.4 Å². The molecular weight excluding hydrogens is 335 g/mol. The highest BCUT2D eigenvalue weighted by atomic mass is 35.5. The van der Waals surface area contributed by atoms with Gasteiger partial charge in [-0.1, -0.05) is 17.7 Å². The highest BCUT2D eigenvalue weighted by molar-refractivity contribution is 7.97. The van der Waals surface area contributed by atoms with Crippen LogP contribution in [-0.4, -0.2) is 16.3 Å². The van der Waals surface area contributed by atoms with Crippen LogP contribution in [-0.2, 0) is 6.54 Å². The molecule has 0 saturated carbocycles. The van der Waals surface area contributed by atoms with Gasteiger partial charge in [-0.2, -0.15) is 0 Å². The van der Waals surface area contributed by atoms with E-state index in [0.717, 1.165) is 17.0 Å². The minimum atomic E-state index is -0.505. The van der Waals surface area contributed by atoms with Crippen molar-refractivity contribution in [2.24, 2.45) is 0 Å². The number of hydrogen-bond donors (Lipinski definition) is 1. The summed E-state index contributed by atoms with van der Waals surface area (Å²) in [7, 11) is 0. The summed E-state index contributed by atoms with van der Waals surface area (Å²) < 4.78 is 15.4. The van der Waals surface area contributed by atoms with Crippen LogP contribution in [0.5, 0.6) is 0 Å². The number of benzene rings is 2. The first-order valence-electron chi connectivity index (χ1n) is 7.28. The summed E-state index contributed by atoms with van der Waals surface area (Å²) in [6.07, 6.45) is 0. The predicted octanol–water partition coefficient (Wildman–Crippen LogP) is 4.96. The van der Waals surface area contributed by atoms with E-state index in [4.69, 9.17) is 11.6 Å². The van der Waals surface area contributed by atoms with E-state index in [9.17, 15) is 9.18 Å². The molecule has 6 heteroatoms. The summed E-state index contributed by atoms with van der Waals surface area (Å²) >= 11 is 7.42. The molecular formula is C17H16ClFN2OS. The number of nitrogens with one attached hydrogen (secondary N) is 1. The molecule has 1 amide bonds. The lowest BCUT2D eigenvalue weighted by Gasteiger charge is -2.17. The number of amides is 1. The Kier molecular flexibility index (Phi) is 4.62. The average Bonchev–Trinajstić information content (AvgIpc) is 2.95. The maximum Gasteiger partial charge on any atom is 0.256 e. The summed E-state index contributed by atoms with van der Waals surface area (Å²) in [5, 5.41) is 2.77. The van der Waals surface area contributed by atoms with Crippen LogP contribution >= 0.6 is 23.5 Å². The Bertz CT molecular complexity index is 766. The fraction of sp³-hybridized carbons (Fsp3) is 0.235. The molecule has 2 aromatic carbocycles. The van der Waals surface area contributed by atoms with Crippen LogP contribution in [0.2, 0.25) is 5.02 Å². The monoisotopic (exact) mass is 350 g/mol. The third-order valence-electron chi connectivity index (χ3n) is 3.66. The van der Waals surface area contributed by atoms with Crippen molar-refractivity contribution in [3.8, 4) is 0 Å². The number of carbonyl (C=O) groups is 1. The van der Waals surface area contributed by atoms with E-state index >= 15 is 0 Å². The van der Waals surface area contributed by atoms with Gasteiger partial charge < -0.3 is 5.32 Å². The van der Waals surface area contributed by atoms with Crippen molar-refractivity contribution >= 4 is 35.1 Å². The van der Waals surface area contributed by atoms with Crippen LogP contribution in [0.25, 0.3) is 0 Å². The van der Waals surface area contributed by atoms with Gasteiger partial charge in [0, 0.05) is 28.7 Å². The summed E-state index contributed by atoms with van der Waals surface area (Å²) in [6.45, 7) is 4.98. The van der Waals surface area contributed by atoms with Crippen molar-refractivity contribution in [3.63, 3.8) is 0 Å². The zero-order valence-corrected chi connectivity index (χ0v) is 14.3. The molecule has 0 spiro atoms. The standard InChI is InChI=1S/C17H16ClFN2OS/c1-10(2)21-9-13-12(4-3-5-16(13)23-21)17(22)20-11-6-7-15(19)14(18)8-11/h3-8,10H,9H2,1-2H3,(H,20,22). The summed E-state index contributed by atoms with van der Waals surface area (Å²) in [5.41, 5.74) is 2.14. The van der Waals surface area contributed by atoms with Gasteiger partial charge in [0.25, 0.3) is 5.91 Å². The van der Waals surface area contributed by atoms with Crippen LogP contribution < -0.4 is 5.32 Å². The van der Waals surface area contributed by atoms with E-state index in [1.807, 2.05) is 18.2 Å². The fourth-order valence-electron chi connectivity index (χ4n) is 2.40. The van der Waals surface area contributed by atoms with Gasteiger partial charge in [0.2, 0.25) is 0 Å². The molecule has 3 rings (SSSR count). The summed E-state index contributed by atoms with van der Waals surface area (Å²) in [5.74, 6) is -0.718. The molecule has 23 heavy (non-hydrogen) atoms. The summed E-state index contributed by atoms with van der Waals surface area (Å²) in [4.78, 5) is 13.7. The lowest BCUT2D eigenvalue weighted by molar-refractivity contribution is 0.102. The Morgan fingerprint density at radius 1 is 1.35 bits per heavy atom. The lowest BCUT2D eigenvalue weighted by Crippen LogP contribution is -2.20. The first kappa shape index (κ1) is 16.3. The molecule has 3 nitrogen and oxygen atoms in total. The topological polar surface area (TPSA) is 32.3 Å². The normalized spacial score (nSPS) is 14.1. The SMILES string of the molecule is CC(C)N1Cc2c(cccc2C(=O)Nc2ccc(F)c(Cl)c2)S1. The van der Waals surface area contributed by atoms with E-state index in [-0.39, 0.29) is 10.9 Å². The molecule has 1 aliphatic rings. The molecule has 1 aliphatic heterocycles. The molecule has 0 aliphatic carbocycles. The largest absolute Gasteiger partial charge is 0.322 e. The van der Waals surface area contributed by atoms with Crippen LogP contribution in [0.4, 0.5) is 10.1 Å². The Morgan fingerprint density at radius 3 is 2.83 bits per heavy atom. The number of halogens is 2. The smallest absolute Gasteiger partial charge is 0.256 e. The zero-order valence-electron chi connectivity index (χ0n) is 12.8. The zero-order chi connectivity index (χ0) is 16.6. The van der Waals surface area contributed by atoms with Gasteiger partial charge in [-0.05, 0) is 61.7 Å². The van der Waals surface area contributed by atoms with Gasteiger partial charge in [-0.3, -0.25) is 4.79 Å². The lowest BCUT2D eigenvalue weighted by atomic mass is 10.1. The van der Waals surface area contributed by atoms with Gasteiger partial charge in [0.1, 0.15) is 5.82 Å². The van der Waals surface area contributed by atoms with Crippen molar-refractivity contribution < 1.29 is 9.18 Å². The molecule has 0 bridgehead atoms. The molecule has 0 atom stereocenters. The van der Waals surface area contributed by atoms with Crippen molar-refractivity contribution in [1.29, 1.82) is 0 Å². The Hall–Kier alpha value is -1.56. The van der Waals surface area contributed by atoms with Crippen molar-refractivity contribution in [2.45, 2.75) is 31.3 Å². The highest BCUT2D eigenvalue weighted by Gasteiger charge is 2.26. The Morgan fingerprint density at radius 2 is 2.13 bits per heavy atom. The molecule has 1 heterocycles. The number of anilines is 1. The summed E-state index contributed by atoms with van der Waals surface area (Å²) in [6, 6.07) is 10.2. The van der Waals surface area contributed by atoms with Crippen LogP contribution in [0.3, 0.4) is 0 Å². The maximum atomic E-state index is 13.2. The number of rotatable bonds is 3. The highest BCUT2D eigenvalue weighted by Crippen LogP contribution is 2.39. The quantitative estimate of drug-likeness (QED) is 0.794. The maximum absolute atomic E-state index is 13.2. The Balaban J connectivity index is 1.84. The molecule has 0 aromatic heterocycles. The molecule has 0 fully saturated rings. The minimum absolute atomic E-state index is 0.0115. The third-order valence-corrected chi connectivity index (χ3v) is 5.31. The number of fused-ring (bicyclic) bond motifs is 1. The minimum Gasteiger partial charge on any atom is -0.322 e. The van der Waals surface area contributed by atoms with Gasteiger partial charge in [0.05, 0.1) is 5.02 Å². The van der Waals surface area contributed by atoms with Gasteiger partial charge in [0.15, 0.2) is 0 Å². The first-order chi connectivity index (χ1) is 11.0. The van der Waals surface area contributed by atoms with E-state index in [0.29, 0.717) is 17.3 Å². The first-order valence-corrected chi connectivity index (χ1v) is 8.43. The molecule has 0 unspecified atom stereocenters. The van der Waals surface area contributed by atoms with E-state index in [1.54, 1.807) is 11.9 Å². The molecule has 1 N–H and O–H groups in total. The Labute approximate surface area is 144 Å². The number of hydrogen-bond acceptors (Lipinski definition) is 3. The second kappa shape index (κ2) is 6.51. The predicted molar refractivity (Wildman–Crippen MR) is 92.3 cm³/mol. The fourth-order valence-corrected chi connectivity index (χ4v) is 3.66. The molecule has 2 aromatic rings. The second-order valence-electron chi connectivity index (χ2n) is 5.63.